The molecule has 1 heterocycles. The number of nitrogens with one attached hydrogen (secondary N) is 1. The van der Waals surface area contributed by atoms with Gasteiger partial charge in [0.15, 0.2) is 0 Å². The average Bonchev–Trinajstić information content (AvgIpc) is 2.95. The maximum atomic E-state index is 3.71. The van der Waals surface area contributed by atoms with Gasteiger partial charge in [-0.15, -0.1) is 0 Å². The van der Waals surface area contributed by atoms with Gasteiger partial charge in [0, 0.05) is 16.1 Å². The van der Waals surface area contributed by atoms with Crippen LogP contribution in [0.25, 0.3) is 0 Å². The van der Waals surface area contributed by atoms with Crippen molar-refractivity contribution in [2.75, 3.05) is 19.6 Å². The molecular formula is C17H27BrN2. The molecule has 3 heteroatoms. The van der Waals surface area contributed by atoms with Crippen molar-refractivity contribution in [1.29, 1.82) is 0 Å². The van der Waals surface area contributed by atoms with E-state index in [0.717, 1.165) is 17.4 Å². The molecule has 20 heavy (non-hydrogen) atoms. The summed E-state index contributed by atoms with van der Waals surface area (Å²) in [6.45, 7) is 10.5. The highest BCUT2D eigenvalue weighted by Crippen LogP contribution is 2.26. The molecule has 1 aliphatic heterocycles. The molecule has 1 N–H and O–H groups in total. The first-order valence-electron chi connectivity index (χ1n) is 7.77. The molecule has 0 radical (unpaired) electrons. The molecule has 1 aromatic carbocycles. The van der Waals surface area contributed by atoms with E-state index in [2.05, 4.69) is 71.2 Å². The largest absolute Gasteiger partial charge is 0.312 e. The molecule has 0 aromatic heterocycles. The predicted octanol–water partition coefficient (Wildman–Crippen LogP) is 3.84. The fourth-order valence-electron chi connectivity index (χ4n) is 3.19. The molecule has 2 rings (SSSR count). The summed E-state index contributed by atoms with van der Waals surface area (Å²) >= 11 is 3.51. The molecule has 0 saturated carbocycles. The Labute approximate surface area is 132 Å². The zero-order valence-electron chi connectivity index (χ0n) is 13.0. The van der Waals surface area contributed by atoms with Crippen molar-refractivity contribution in [3.8, 4) is 0 Å². The monoisotopic (exact) mass is 338 g/mol. The molecular weight excluding hydrogens is 312 g/mol. The van der Waals surface area contributed by atoms with Gasteiger partial charge in [0.1, 0.15) is 0 Å². The maximum Gasteiger partial charge on any atom is 0.0309 e. The lowest BCUT2D eigenvalue weighted by Gasteiger charge is -2.42. The molecule has 1 saturated heterocycles. The molecule has 112 valence electrons. The van der Waals surface area contributed by atoms with E-state index in [1.54, 1.807) is 0 Å². The van der Waals surface area contributed by atoms with Gasteiger partial charge >= 0.3 is 0 Å². The highest BCUT2D eigenvalue weighted by Gasteiger charge is 2.36. The van der Waals surface area contributed by atoms with Gasteiger partial charge in [0.2, 0.25) is 0 Å². The second-order valence-corrected chi connectivity index (χ2v) is 7.20. The number of hydrogen-bond acceptors (Lipinski definition) is 2. The minimum Gasteiger partial charge on any atom is -0.312 e. The van der Waals surface area contributed by atoms with Crippen LogP contribution in [0.15, 0.2) is 28.7 Å². The van der Waals surface area contributed by atoms with Gasteiger partial charge in [0.05, 0.1) is 0 Å². The maximum absolute atomic E-state index is 3.71. The van der Waals surface area contributed by atoms with Gasteiger partial charge in [0.25, 0.3) is 0 Å². The molecule has 1 aromatic rings. The van der Waals surface area contributed by atoms with E-state index in [-0.39, 0.29) is 5.54 Å². The summed E-state index contributed by atoms with van der Waals surface area (Å²) in [5, 5.41) is 3.71. The normalized spacial score (nSPS) is 18.4. The van der Waals surface area contributed by atoms with Crippen molar-refractivity contribution in [3.05, 3.63) is 34.3 Å². The van der Waals surface area contributed by atoms with Crippen LogP contribution in [0, 0.1) is 0 Å². The highest BCUT2D eigenvalue weighted by molar-refractivity contribution is 9.10. The second kappa shape index (κ2) is 7.06. The van der Waals surface area contributed by atoms with Crippen LogP contribution >= 0.6 is 15.9 Å². The summed E-state index contributed by atoms with van der Waals surface area (Å²) in [7, 11) is 0. The number of benzene rings is 1. The minimum atomic E-state index is 0.208. The molecule has 0 aliphatic carbocycles. The van der Waals surface area contributed by atoms with Crippen molar-refractivity contribution < 1.29 is 0 Å². The summed E-state index contributed by atoms with van der Waals surface area (Å²) in [6.07, 6.45) is 3.78. The highest BCUT2D eigenvalue weighted by atomic mass is 79.9. The van der Waals surface area contributed by atoms with E-state index in [9.17, 15) is 0 Å². The van der Waals surface area contributed by atoms with Crippen LogP contribution in [0.1, 0.15) is 39.2 Å². The Kier molecular flexibility index (Phi) is 5.65. The summed E-state index contributed by atoms with van der Waals surface area (Å²) in [6, 6.07) is 9.23. The zero-order valence-corrected chi connectivity index (χ0v) is 14.5. The second-order valence-electron chi connectivity index (χ2n) is 6.29. The van der Waals surface area contributed by atoms with Crippen LogP contribution in [-0.4, -0.2) is 36.1 Å². The molecule has 1 fully saturated rings. The quantitative estimate of drug-likeness (QED) is 0.847. The third-order valence-corrected chi connectivity index (χ3v) is 5.11. The van der Waals surface area contributed by atoms with Crippen molar-refractivity contribution in [2.45, 2.75) is 51.6 Å². The van der Waals surface area contributed by atoms with Crippen LogP contribution in [0.5, 0.6) is 0 Å². The summed E-state index contributed by atoms with van der Waals surface area (Å²) in [5.74, 6) is 0. The molecule has 1 aliphatic rings. The Morgan fingerprint density at radius 2 is 1.80 bits per heavy atom. The van der Waals surface area contributed by atoms with Crippen LogP contribution in [-0.2, 0) is 6.42 Å². The lowest BCUT2D eigenvalue weighted by atomic mass is 9.87. The first-order chi connectivity index (χ1) is 9.54. The number of likely N-dealkylation sites (tertiary alicyclic amines) is 1. The Bertz CT molecular complexity index is 408. The smallest absolute Gasteiger partial charge is 0.0309 e. The number of hydrogen-bond donors (Lipinski definition) is 1. The number of likely N-dealkylation sites (N-methyl/N-ethyl adjacent to an activating group) is 1. The molecule has 0 amide bonds. The third-order valence-electron chi connectivity index (χ3n) is 4.58. The van der Waals surface area contributed by atoms with Crippen molar-refractivity contribution in [1.82, 2.24) is 10.2 Å². The van der Waals surface area contributed by atoms with Crippen LogP contribution < -0.4 is 5.32 Å². The molecule has 1 unspecified atom stereocenters. The van der Waals surface area contributed by atoms with E-state index in [0.29, 0.717) is 6.04 Å². The molecule has 0 spiro atoms. The van der Waals surface area contributed by atoms with Crippen molar-refractivity contribution in [3.63, 3.8) is 0 Å². The first-order valence-corrected chi connectivity index (χ1v) is 8.56. The van der Waals surface area contributed by atoms with E-state index in [1.807, 2.05) is 0 Å². The Hall–Kier alpha value is -0.380. The summed E-state index contributed by atoms with van der Waals surface area (Å²) in [5.41, 5.74) is 1.62. The van der Waals surface area contributed by atoms with E-state index >= 15 is 0 Å². The van der Waals surface area contributed by atoms with Crippen molar-refractivity contribution >= 4 is 15.9 Å². The fourth-order valence-corrected chi connectivity index (χ4v) is 3.45. The average molecular weight is 339 g/mol. The van der Waals surface area contributed by atoms with Gasteiger partial charge in [-0.3, -0.25) is 4.90 Å². The topological polar surface area (TPSA) is 15.3 Å². The van der Waals surface area contributed by atoms with Crippen LogP contribution in [0.4, 0.5) is 0 Å². The van der Waals surface area contributed by atoms with E-state index < -0.39 is 0 Å². The van der Waals surface area contributed by atoms with Gasteiger partial charge in [-0.1, -0.05) is 35.0 Å². The number of rotatable bonds is 6. The standard InChI is InChI=1S/C17H27BrN2/c1-4-19-16(13-14-7-9-15(18)10-8-14)17(2,3)20-11-5-6-12-20/h7-10,16,19H,4-6,11-13H2,1-3H3. The Morgan fingerprint density at radius 1 is 1.20 bits per heavy atom. The SMILES string of the molecule is CCNC(Cc1ccc(Br)cc1)C(C)(C)N1CCCC1. The predicted molar refractivity (Wildman–Crippen MR) is 90.2 cm³/mol. The lowest BCUT2D eigenvalue weighted by Crippen LogP contribution is -2.57. The van der Waals surface area contributed by atoms with Crippen molar-refractivity contribution in [2.24, 2.45) is 0 Å². The first kappa shape index (κ1) is 16.0. The summed E-state index contributed by atoms with van der Waals surface area (Å²) < 4.78 is 1.15. The minimum absolute atomic E-state index is 0.208. The molecule has 2 nitrogen and oxygen atoms in total. The van der Waals surface area contributed by atoms with E-state index in [4.69, 9.17) is 0 Å². The van der Waals surface area contributed by atoms with Crippen LogP contribution in [0.2, 0.25) is 0 Å². The Balaban J connectivity index is 2.10. The van der Waals surface area contributed by atoms with E-state index in [1.165, 1.54) is 31.5 Å². The molecule has 0 bridgehead atoms. The number of halogens is 1. The lowest BCUT2D eigenvalue weighted by molar-refractivity contribution is 0.107. The summed E-state index contributed by atoms with van der Waals surface area (Å²) in [4.78, 5) is 2.65. The van der Waals surface area contributed by atoms with Gasteiger partial charge < -0.3 is 5.32 Å². The van der Waals surface area contributed by atoms with Crippen LogP contribution in [0.3, 0.4) is 0 Å². The van der Waals surface area contributed by atoms with Gasteiger partial charge in [-0.25, -0.2) is 0 Å². The zero-order chi connectivity index (χ0) is 14.6. The molecule has 1 atom stereocenters. The van der Waals surface area contributed by atoms with Gasteiger partial charge in [-0.2, -0.15) is 0 Å². The fraction of sp³-hybridized carbons (Fsp3) is 0.647. The van der Waals surface area contributed by atoms with Gasteiger partial charge in [-0.05, 0) is 70.4 Å². The number of nitrogens with zero attached hydrogens (tertiary/aromatic N) is 1. The Morgan fingerprint density at radius 3 is 2.35 bits per heavy atom. The third kappa shape index (κ3) is 3.84.